The third kappa shape index (κ3) is 4.85. The van der Waals surface area contributed by atoms with Gasteiger partial charge in [-0.05, 0) is 18.8 Å². The molecule has 0 saturated heterocycles. The summed E-state index contributed by atoms with van der Waals surface area (Å²) in [6, 6.07) is 0. The van der Waals surface area contributed by atoms with Gasteiger partial charge in [0.2, 0.25) is 5.91 Å². The van der Waals surface area contributed by atoms with Gasteiger partial charge in [0.05, 0.1) is 12.7 Å². The number of carbonyl (C=O) groups is 1. The van der Waals surface area contributed by atoms with Gasteiger partial charge in [-0.1, -0.05) is 19.8 Å². The zero-order chi connectivity index (χ0) is 11.1. The number of alkyl halides is 1. The average Bonchev–Trinajstić information content (AvgIpc) is 2.26. The third-order valence-corrected chi connectivity index (χ3v) is 3.15. The molecule has 0 aromatic carbocycles. The van der Waals surface area contributed by atoms with Crippen LogP contribution in [0, 0.1) is 5.92 Å². The van der Waals surface area contributed by atoms with Gasteiger partial charge in [0.25, 0.3) is 0 Å². The summed E-state index contributed by atoms with van der Waals surface area (Å²) in [5.41, 5.74) is 0. The molecular weight excluding hydrogens is 214 g/mol. The summed E-state index contributed by atoms with van der Waals surface area (Å²) < 4.78 is 5.73. The van der Waals surface area contributed by atoms with Gasteiger partial charge < -0.3 is 10.1 Å². The van der Waals surface area contributed by atoms with Gasteiger partial charge in [-0.25, -0.2) is 0 Å². The van der Waals surface area contributed by atoms with E-state index in [2.05, 4.69) is 12.2 Å². The summed E-state index contributed by atoms with van der Waals surface area (Å²) in [6.45, 7) is 3.40. The quantitative estimate of drug-likeness (QED) is 0.582. The summed E-state index contributed by atoms with van der Waals surface area (Å²) in [7, 11) is 0. The fourth-order valence-electron chi connectivity index (χ4n) is 1.98. The van der Waals surface area contributed by atoms with Crippen LogP contribution < -0.4 is 5.32 Å². The lowest BCUT2D eigenvalue weighted by Gasteiger charge is -2.28. The van der Waals surface area contributed by atoms with Crippen LogP contribution >= 0.6 is 11.6 Å². The van der Waals surface area contributed by atoms with Crippen molar-refractivity contribution in [2.75, 3.05) is 19.0 Å². The number of rotatable bonds is 5. The van der Waals surface area contributed by atoms with Crippen molar-refractivity contribution in [1.82, 2.24) is 5.32 Å². The molecule has 2 atom stereocenters. The largest absolute Gasteiger partial charge is 0.376 e. The first-order valence-corrected chi connectivity index (χ1v) is 6.21. The van der Waals surface area contributed by atoms with Crippen molar-refractivity contribution in [3.05, 3.63) is 0 Å². The number of carbonyl (C=O) groups excluding carboxylic acids is 1. The molecule has 0 aromatic heterocycles. The molecule has 1 rings (SSSR count). The minimum atomic E-state index is -0.128. The second-order valence-electron chi connectivity index (χ2n) is 4.15. The molecule has 0 aromatic rings. The van der Waals surface area contributed by atoms with Crippen molar-refractivity contribution >= 4 is 17.5 Å². The van der Waals surface area contributed by atoms with Crippen LogP contribution in [0.5, 0.6) is 0 Å². The van der Waals surface area contributed by atoms with Gasteiger partial charge >= 0.3 is 0 Å². The Morgan fingerprint density at radius 2 is 2.20 bits per heavy atom. The summed E-state index contributed by atoms with van der Waals surface area (Å²) in [5.74, 6) is 0.555. The van der Waals surface area contributed by atoms with Crippen molar-refractivity contribution in [3.8, 4) is 0 Å². The van der Waals surface area contributed by atoms with Crippen LogP contribution in [0.2, 0.25) is 0 Å². The fourth-order valence-corrected chi connectivity index (χ4v) is 2.07. The van der Waals surface area contributed by atoms with Crippen molar-refractivity contribution in [2.24, 2.45) is 5.92 Å². The van der Waals surface area contributed by atoms with E-state index in [-0.39, 0.29) is 11.8 Å². The van der Waals surface area contributed by atoms with Gasteiger partial charge in [0.15, 0.2) is 0 Å². The molecule has 1 N–H and O–H groups in total. The first kappa shape index (κ1) is 12.8. The van der Waals surface area contributed by atoms with Gasteiger partial charge in [-0.2, -0.15) is 0 Å². The molecule has 0 radical (unpaired) electrons. The lowest BCUT2D eigenvalue weighted by Crippen LogP contribution is -2.32. The first-order valence-electron chi connectivity index (χ1n) is 5.68. The maximum absolute atomic E-state index is 10.8. The molecule has 15 heavy (non-hydrogen) atoms. The Kier molecular flexibility index (Phi) is 6.03. The second kappa shape index (κ2) is 7.07. The predicted molar refractivity (Wildman–Crippen MR) is 61.1 cm³/mol. The normalized spacial score (nSPS) is 26.3. The van der Waals surface area contributed by atoms with E-state index in [1.807, 2.05) is 0 Å². The number of amides is 1. The SMILES string of the molecule is C[C@@H]1CCCC[C@@H]1OCCNC(=O)CCl. The van der Waals surface area contributed by atoms with Crippen LogP contribution in [-0.4, -0.2) is 31.0 Å². The van der Waals surface area contributed by atoms with Crippen molar-refractivity contribution in [3.63, 3.8) is 0 Å². The molecule has 0 heterocycles. The summed E-state index contributed by atoms with van der Waals surface area (Å²) in [6.07, 6.45) is 5.39. The van der Waals surface area contributed by atoms with Crippen LogP contribution in [0.3, 0.4) is 0 Å². The van der Waals surface area contributed by atoms with Crippen molar-refractivity contribution in [1.29, 1.82) is 0 Å². The van der Waals surface area contributed by atoms with E-state index in [9.17, 15) is 4.79 Å². The third-order valence-electron chi connectivity index (χ3n) is 2.91. The number of hydrogen-bond donors (Lipinski definition) is 1. The summed E-state index contributed by atoms with van der Waals surface area (Å²) in [4.78, 5) is 10.8. The number of ether oxygens (including phenoxy) is 1. The monoisotopic (exact) mass is 233 g/mol. The Hall–Kier alpha value is -0.280. The van der Waals surface area contributed by atoms with Crippen LogP contribution in [0.25, 0.3) is 0 Å². The van der Waals surface area contributed by atoms with Gasteiger partial charge in [-0.15, -0.1) is 11.6 Å². The molecule has 1 amide bonds. The van der Waals surface area contributed by atoms with E-state index >= 15 is 0 Å². The Morgan fingerprint density at radius 1 is 1.47 bits per heavy atom. The number of nitrogens with one attached hydrogen (secondary N) is 1. The second-order valence-corrected chi connectivity index (χ2v) is 4.42. The van der Waals surface area contributed by atoms with Crippen LogP contribution in [0.1, 0.15) is 32.6 Å². The predicted octanol–water partition coefficient (Wildman–Crippen LogP) is 1.94. The first-order chi connectivity index (χ1) is 7.24. The Labute approximate surface area is 96.5 Å². The van der Waals surface area contributed by atoms with Crippen LogP contribution in [0.4, 0.5) is 0 Å². The molecule has 1 aliphatic carbocycles. The lowest BCUT2D eigenvalue weighted by atomic mass is 9.88. The van der Waals surface area contributed by atoms with E-state index in [1.54, 1.807) is 0 Å². The minimum Gasteiger partial charge on any atom is -0.376 e. The van der Waals surface area contributed by atoms with E-state index < -0.39 is 0 Å². The zero-order valence-electron chi connectivity index (χ0n) is 9.30. The number of hydrogen-bond acceptors (Lipinski definition) is 2. The molecule has 0 spiro atoms. The van der Waals surface area contributed by atoms with E-state index in [0.717, 1.165) is 6.42 Å². The fraction of sp³-hybridized carbons (Fsp3) is 0.909. The molecule has 4 heteroatoms. The van der Waals surface area contributed by atoms with Gasteiger partial charge in [0.1, 0.15) is 5.88 Å². The van der Waals surface area contributed by atoms with Crippen molar-refractivity contribution in [2.45, 2.75) is 38.7 Å². The van der Waals surface area contributed by atoms with E-state index in [4.69, 9.17) is 16.3 Å². The molecule has 0 unspecified atom stereocenters. The average molecular weight is 234 g/mol. The molecule has 1 aliphatic rings. The molecule has 0 bridgehead atoms. The maximum atomic E-state index is 10.8. The highest BCUT2D eigenvalue weighted by Crippen LogP contribution is 2.25. The molecular formula is C11H20ClNO2. The Balaban J connectivity index is 2.06. The maximum Gasteiger partial charge on any atom is 0.235 e. The Bertz CT molecular complexity index is 199. The minimum absolute atomic E-state index is 0.0276. The zero-order valence-corrected chi connectivity index (χ0v) is 10.1. The van der Waals surface area contributed by atoms with Crippen molar-refractivity contribution < 1.29 is 9.53 Å². The number of halogens is 1. The van der Waals surface area contributed by atoms with Crippen LogP contribution in [-0.2, 0) is 9.53 Å². The van der Waals surface area contributed by atoms with Gasteiger partial charge in [0, 0.05) is 6.54 Å². The Morgan fingerprint density at radius 3 is 2.87 bits per heavy atom. The molecule has 1 fully saturated rings. The highest BCUT2D eigenvalue weighted by atomic mass is 35.5. The molecule has 88 valence electrons. The smallest absolute Gasteiger partial charge is 0.235 e. The highest BCUT2D eigenvalue weighted by molar-refractivity contribution is 6.27. The summed E-state index contributed by atoms with van der Waals surface area (Å²) >= 11 is 5.35. The van der Waals surface area contributed by atoms with Gasteiger partial charge in [-0.3, -0.25) is 4.79 Å². The summed E-state index contributed by atoms with van der Waals surface area (Å²) in [5, 5.41) is 2.69. The standard InChI is InChI=1S/C11H20ClNO2/c1-9-4-2-3-5-10(9)15-7-6-13-11(14)8-12/h9-10H,2-8H2,1H3,(H,13,14)/t9-,10+/m1/s1. The highest BCUT2D eigenvalue weighted by Gasteiger charge is 2.21. The molecule has 1 saturated carbocycles. The molecule has 3 nitrogen and oxygen atoms in total. The van der Waals surface area contributed by atoms with E-state index in [0.29, 0.717) is 25.2 Å². The van der Waals surface area contributed by atoms with Crippen LogP contribution in [0.15, 0.2) is 0 Å². The topological polar surface area (TPSA) is 38.3 Å². The lowest BCUT2D eigenvalue weighted by molar-refractivity contribution is -0.119. The van der Waals surface area contributed by atoms with E-state index in [1.165, 1.54) is 19.3 Å². The molecule has 0 aliphatic heterocycles.